The Hall–Kier alpha value is -3.31. The van der Waals surface area contributed by atoms with Gasteiger partial charge in [0, 0.05) is 30.4 Å². The molecule has 0 bridgehead atoms. The van der Waals surface area contributed by atoms with E-state index in [0.717, 1.165) is 35.5 Å². The maximum Gasteiger partial charge on any atom is 0.416 e. The highest BCUT2D eigenvalue weighted by molar-refractivity contribution is 7.99. The number of anilines is 1. The Morgan fingerprint density at radius 1 is 1.12 bits per heavy atom. The van der Waals surface area contributed by atoms with E-state index in [1.165, 1.54) is 0 Å². The SMILES string of the molecule is O=C(CSc1nnc(-c2cccnc2)n1-n1cccc1)Nc1cc(C(F)(F)F)ccc1Cl. The number of carbonyl (C=O) groups excluding carboxylic acids is 1. The molecule has 0 aliphatic rings. The van der Waals surface area contributed by atoms with E-state index in [4.69, 9.17) is 11.6 Å². The fourth-order valence-electron chi connectivity index (χ4n) is 2.81. The summed E-state index contributed by atoms with van der Waals surface area (Å²) in [5, 5.41) is 11.2. The van der Waals surface area contributed by atoms with Crippen LogP contribution in [0.4, 0.5) is 18.9 Å². The first-order valence-corrected chi connectivity index (χ1v) is 10.5. The second-order valence-corrected chi connectivity index (χ2v) is 7.80. The van der Waals surface area contributed by atoms with Gasteiger partial charge in [0.05, 0.1) is 22.0 Å². The van der Waals surface area contributed by atoms with Crippen molar-refractivity contribution in [1.82, 2.24) is 24.5 Å². The third-order valence-electron chi connectivity index (χ3n) is 4.25. The van der Waals surface area contributed by atoms with Crippen molar-refractivity contribution in [2.45, 2.75) is 11.3 Å². The first kappa shape index (κ1) is 21.9. The van der Waals surface area contributed by atoms with Gasteiger partial charge in [0.1, 0.15) is 0 Å². The number of nitrogens with zero attached hydrogens (tertiary/aromatic N) is 5. The van der Waals surface area contributed by atoms with Gasteiger partial charge in [-0.2, -0.15) is 13.2 Å². The van der Waals surface area contributed by atoms with Gasteiger partial charge in [-0.25, -0.2) is 4.68 Å². The van der Waals surface area contributed by atoms with E-state index in [-0.39, 0.29) is 16.5 Å². The zero-order valence-corrected chi connectivity index (χ0v) is 17.7. The molecule has 4 aromatic rings. The highest BCUT2D eigenvalue weighted by Crippen LogP contribution is 2.34. The van der Waals surface area contributed by atoms with E-state index >= 15 is 0 Å². The monoisotopic (exact) mass is 478 g/mol. The van der Waals surface area contributed by atoms with Crippen LogP contribution in [0.1, 0.15) is 5.56 Å². The minimum Gasteiger partial charge on any atom is -0.324 e. The van der Waals surface area contributed by atoms with Crippen molar-refractivity contribution in [2.75, 3.05) is 11.1 Å². The third-order valence-corrected chi connectivity index (χ3v) is 5.50. The predicted molar refractivity (Wildman–Crippen MR) is 114 cm³/mol. The molecule has 0 spiro atoms. The quantitative estimate of drug-likeness (QED) is 0.401. The van der Waals surface area contributed by atoms with Gasteiger partial charge < -0.3 is 5.32 Å². The van der Waals surface area contributed by atoms with E-state index in [1.807, 2.05) is 18.2 Å². The molecule has 12 heteroatoms. The van der Waals surface area contributed by atoms with Gasteiger partial charge in [-0.15, -0.1) is 10.2 Å². The zero-order valence-electron chi connectivity index (χ0n) is 16.1. The summed E-state index contributed by atoms with van der Waals surface area (Å²) in [5.41, 5.74) is -0.297. The lowest BCUT2D eigenvalue weighted by Gasteiger charge is -2.12. The molecule has 4 rings (SSSR count). The molecule has 1 amide bonds. The number of thioether (sulfide) groups is 1. The topological polar surface area (TPSA) is 77.6 Å². The van der Waals surface area contributed by atoms with Crippen molar-refractivity contribution in [2.24, 2.45) is 0 Å². The van der Waals surface area contributed by atoms with E-state index in [9.17, 15) is 18.0 Å². The van der Waals surface area contributed by atoms with Gasteiger partial charge in [-0.05, 0) is 42.5 Å². The molecule has 0 atom stereocenters. The van der Waals surface area contributed by atoms with E-state index in [2.05, 4.69) is 20.5 Å². The summed E-state index contributed by atoms with van der Waals surface area (Å²) < 4.78 is 42.3. The van der Waals surface area contributed by atoms with Crippen molar-refractivity contribution >= 4 is 35.0 Å². The Morgan fingerprint density at radius 3 is 2.59 bits per heavy atom. The van der Waals surface area contributed by atoms with Crippen LogP contribution in [0.3, 0.4) is 0 Å². The standard InChI is InChI=1S/C20H14ClF3N6OS/c21-15-6-5-14(20(22,23)24)10-16(15)26-17(31)12-32-19-28-27-18(13-4-3-7-25-11-13)30(19)29-8-1-2-9-29/h1-11H,12H2,(H,26,31). The lowest BCUT2D eigenvalue weighted by molar-refractivity contribution is -0.137. The van der Waals surface area contributed by atoms with Gasteiger partial charge in [0.25, 0.3) is 0 Å². The van der Waals surface area contributed by atoms with Gasteiger partial charge >= 0.3 is 6.18 Å². The molecular formula is C20H14ClF3N6OS. The molecule has 0 aliphatic carbocycles. The molecule has 7 nitrogen and oxygen atoms in total. The number of aromatic nitrogens is 5. The highest BCUT2D eigenvalue weighted by Gasteiger charge is 2.31. The molecule has 0 unspecified atom stereocenters. The van der Waals surface area contributed by atoms with Crippen LogP contribution >= 0.6 is 23.4 Å². The molecule has 1 aromatic carbocycles. The number of nitrogens with one attached hydrogen (secondary N) is 1. The lowest BCUT2D eigenvalue weighted by Crippen LogP contribution is -2.17. The number of halogens is 4. The van der Waals surface area contributed by atoms with Crippen LogP contribution < -0.4 is 5.32 Å². The van der Waals surface area contributed by atoms with Gasteiger partial charge in [-0.1, -0.05) is 23.4 Å². The van der Waals surface area contributed by atoms with Crippen molar-refractivity contribution in [3.63, 3.8) is 0 Å². The molecule has 3 heterocycles. The number of rotatable bonds is 6. The maximum atomic E-state index is 12.9. The van der Waals surface area contributed by atoms with Gasteiger partial charge in [-0.3, -0.25) is 14.5 Å². The van der Waals surface area contributed by atoms with Crippen LogP contribution in [0.5, 0.6) is 0 Å². The van der Waals surface area contributed by atoms with Crippen LogP contribution in [-0.4, -0.2) is 36.2 Å². The fourth-order valence-corrected chi connectivity index (χ4v) is 3.71. The number of pyridine rings is 1. The van der Waals surface area contributed by atoms with Gasteiger partial charge in [0.15, 0.2) is 5.82 Å². The van der Waals surface area contributed by atoms with E-state index in [1.54, 1.807) is 40.2 Å². The summed E-state index contributed by atoms with van der Waals surface area (Å²) in [6, 6.07) is 9.99. The Bertz CT molecular complexity index is 1230. The molecule has 3 aromatic heterocycles. The summed E-state index contributed by atoms with van der Waals surface area (Å²) in [6.45, 7) is 0. The maximum absolute atomic E-state index is 12.9. The summed E-state index contributed by atoms with van der Waals surface area (Å²) >= 11 is 7.02. The minimum atomic E-state index is -4.55. The van der Waals surface area contributed by atoms with Crippen LogP contribution in [0.2, 0.25) is 5.02 Å². The Kier molecular flexibility index (Phi) is 6.19. The Morgan fingerprint density at radius 2 is 1.91 bits per heavy atom. The van der Waals surface area contributed by atoms with Crippen molar-refractivity contribution in [3.8, 4) is 11.4 Å². The predicted octanol–water partition coefficient (Wildman–Crippen LogP) is 4.86. The molecule has 0 aliphatic heterocycles. The number of carbonyl (C=O) groups is 1. The second kappa shape index (κ2) is 9.05. The molecule has 0 radical (unpaired) electrons. The van der Waals surface area contributed by atoms with Crippen molar-refractivity contribution in [1.29, 1.82) is 0 Å². The Balaban J connectivity index is 1.54. The molecule has 32 heavy (non-hydrogen) atoms. The molecule has 0 saturated heterocycles. The Labute approximate surface area is 189 Å². The number of hydrogen-bond donors (Lipinski definition) is 1. The molecule has 0 fully saturated rings. The summed E-state index contributed by atoms with van der Waals surface area (Å²) in [4.78, 5) is 16.5. The molecule has 0 saturated carbocycles. The average Bonchev–Trinajstić information content (AvgIpc) is 3.43. The summed E-state index contributed by atoms with van der Waals surface area (Å²) in [5.74, 6) is -0.154. The summed E-state index contributed by atoms with van der Waals surface area (Å²) in [7, 11) is 0. The fraction of sp³-hybridized carbons (Fsp3) is 0.100. The first-order chi connectivity index (χ1) is 15.3. The normalized spacial score (nSPS) is 11.5. The molecule has 164 valence electrons. The number of alkyl halides is 3. The largest absolute Gasteiger partial charge is 0.416 e. The number of amides is 1. The minimum absolute atomic E-state index is 0.00530. The smallest absolute Gasteiger partial charge is 0.324 e. The van der Waals surface area contributed by atoms with E-state index in [0.29, 0.717) is 11.0 Å². The van der Waals surface area contributed by atoms with Crippen molar-refractivity contribution < 1.29 is 18.0 Å². The van der Waals surface area contributed by atoms with Crippen LogP contribution in [0.15, 0.2) is 72.4 Å². The number of benzene rings is 1. The molecular weight excluding hydrogens is 465 g/mol. The zero-order chi connectivity index (χ0) is 22.7. The van der Waals surface area contributed by atoms with Crippen molar-refractivity contribution in [3.05, 3.63) is 77.8 Å². The molecule has 1 N–H and O–H groups in total. The highest BCUT2D eigenvalue weighted by atomic mass is 35.5. The number of hydrogen-bond acceptors (Lipinski definition) is 5. The van der Waals surface area contributed by atoms with Crippen LogP contribution in [-0.2, 0) is 11.0 Å². The van der Waals surface area contributed by atoms with Crippen LogP contribution in [0.25, 0.3) is 11.4 Å². The average molecular weight is 479 g/mol. The lowest BCUT2D eigenvalue weighted by atomic mass is 10.2. The second-order valence-electron chi connectivity index (χ2n) is 6.45. The van der Waals surface area contributed by atoms with E-state index < -0.39 is 17.6 Å². The van der Waals surface area contributed by atoms with Crippen LogP contribution in [0, 0.1) is 0 Å². The summed E-state index contributed by atoms with van der Waals surface area (Å²) in [6.07, 6.45) is 2.31. The third kappa shape index (κ3) is 4.78. The first-order valence-electron chi connectivity index (χ1n) is 9.12. The van der Waals surface area contributed by atoms with Gasteiger partial charge in [0.2, 0.25) is 11.1 Å².